The molecule has 0 aliphatic carbocycles. The van der Waals surface area contributed by atoms with E-state index in [1.54, 1.807) is 18.2 Å². The molecule has 3 rings (SSSR count). The summed E-state index contributed by atoms with van der Waals surface area (Å²) in [7, 11) is 0. The Morgan fingerprint density at radius 2 is 2.25 bits per heavy atom. The lowest BCUT2D eigenvalue weighted by Gasteiger charge is -2.13. The van der Waals surface area contributed by atoms with Gasteiger partial charge in [0.1, 0.15) is 11.9 Å². The largest absolute Gasteiger partial charge is 0.472 e. The minimum atomic E-state index is -0.504. The Hall–Kier alpha value is -2.34. The summed E-state index contributed by atoms with van der Waals surface area (Å²) in [5, 5.41) is 0. The van der Waals surface area contributed by atoms with E-state index in [0.717, 1.165) is 0 Å². The summed E-state index contributed by atoms with van der Waals surface area (Å²) in [5.74, 6) is -0.423. The number of amides is 1. The van der Waals surface area contributed by atoms with Crippen LogP contribution < -0.4 is 10.6 Å². The first kappa shape index (κ1) is 12.7. The van der Waals surface area contributed by atoms with Crippen molar-refractivity contribution < 1.29 is 18.3 Å². The molecule has 1 aliphatic rings. The molecule has 0 bridgehead atoms. The topological polar surface area (TPSA) is 68.7 Å². The molecular formula is C14H13FN2O3. The number of benzene rings is 1. The number of halogens is 1. The van der Waals surface area contributed by atoms with Crippen molar-refractivity contribution in [3.8, 4) is 11.1 Å². The third-order valence-corrected chi connectivity index (χ3v) is 3.23. The fraction of sp³-hybridized carbons (Fsp3) is 0.214. The number of cyclic esters (lactones) is 1. The SMILES string of the molecule is NC[C@H]1CN(c2ccc(-c3ccoc3)c(F)c2)C(=O)O1. The minimum Gasteiger partial charge on any atom is -0.472 e. The monoisotopic (exact) mass is 276 g/mol. The van der Waals surface area contributed by atoms with Gasteiger partial charge in [-0.2, -0.15) is 0 Å². The van der Waals surface area contributed by atoms with Gasteiger partial charge in [0.25, 0.3) is 0 Å². The third kappa shape index (κ3) is 2.14. The highest BCUT2D eigenvalue weighted by atomic mass is 19.1. The predicted octanol–water partition coefficient (Wildman–Crippen LogP) is 2.37. The zero-order valence-corrected chi connectivity index (χ0v) is 10.6. The van der Waals surface area contributed by atoms with Gasteiger partial charge >= 0.3 is 6.09 Å². The Bertz CT molecular complexity index is 627. The van der Waals surface area contributed by atoms with E-state index in [4.69, 9.17) is 14.9 Å². The fourth-order valence-electron chi connectivity index (χ4n) is 2.18. The van der Waals surface area contributed by atoms with E-state index in [1.165, 1.54) is 23.5 Å². The number of hydrogen-bond donors (Lipinski definition) is 1. The van der Waals surface area contributed by atoms with Gasteiger partial charge in [0.05, 0.1) is 24.8 Å². The van der Waals surface area contributed by atoms with E-state index in [-0.39, 0.29) is 12.6 Å². The van der Waals surface area contributed by atoms with E-state index in [9.17, 15) is 9.18 Å². The van der Waals surface area contributed by atoms with Crippen molar-refractivity contribution >= 4 is 11.8 Å². The average molecular weight is 276 g/mol. The van der Waals surface area contributed by atoms with E-state index in [2.05, 4.69) is 0 Å². The summed E-state index contributed by atoms with van der Waals surface area (Å²) in [6.07, 6.45) is 2.09. The van der Waals surface area contributed by atoms with Crippen LogP contribution in [-0.4, -0.2) is 25.3 Å². The zero-order chi connectivity index (χ0) is 14.1. The van der Waals surface area contributed by atoms with Crippen LogP contribution in [0.2, 0.25) is 0 Å². The number of furan rings is 1. The molecule has 1 amide bonds. The Labute approximate surface area is 114 Å². The van der Waals surface area contributed by atoms with Gasteiger partial charge in [0.15, 0.2) is 0 Å². The second-order valence-electron chi connectivity index (χ2n) is 4.53. The van der Waals surface area contributed by atoms with Crippen LogP contribution in [0.3, 0.4) is 0 Å². The Balaban J connectivity index is 1.89. The van der Waals surface area contributed by atoms with E-state index >= 15 is 0 Å². The van der Waals surface area contributed by atoms with Crippen LogP contribution in [0.5, 0.6) is 0 Å². The van der Waals surface area contributed by atoms with Crippen LogP contribution in [0.25, 0.3) is 11.1 Å². The van der Waals surface area contributed by atoms with E-state index < -0.39 is 11.9 Å². The van der Waals surface area contributed by atoms with Crippen molar-refractivity contribution in [2.75, 3.05) is 18.0 Å². The van der Waals surface area contributed by atoms with E-state index in [0.29, 0.717) is 23.4 Å². The number of anilines is 1. The average Bonchev–Trinajstić information content (AvgIpc) is 3.07. The number of nitrogens with zero attached hydrogens (tertiary/aromatic N) is 1. The number of carbonyl (C=O) groups is 1. The first-order valence-corrected chi connectivity index (χ1v) is 6.19. The van der Waals surface area contributed by atoms with Crippen molar-refractivity contribution in [2.24, 2.45) is 5.73 Å². The summed E-state index contributed by atoms with van der Waals surface area (Å²) in [4.78, 5) is 13.1. The van der Waals surface area contributed by atoms with Gasteiger partial charge in [-0.05, 0) is 24.3 Å². The molecule has 0 radical (unpaired) electrons. The molecule has 6 heteroatoms. The quantitative estimate of drug-likeness (QED) is 0.934. The lowest BCUT2D eigenvalue weighted by molar-refractivity contribution is 0.145. The van der Waals surface area contributed by atoms with Crippen LogP contribution in [0, 0.1) is 5.82 Å². The second-order valence-corrected chi connectivity index (χ2v) is 4.53. The Morgan fingerprint density at radius 1 is 1.40 bits per heavy atom. The molecule has 1 atom stereocenters. The van der Waals surface area contributed by atoms with Crippen LogP contribution in [-0.2, 0) is 4.74 Å². The van der Waals surface area contributed by atoms with Crippen LogP contribution in [0.15, 0.2) is 41.2 Å². The van der Waals surface area contributed by atoms with Crippen molar-refractivity contribution in [3.63, 3.8) is 0 Å². The highest BCUT2D eigenvalue weighted by Crippen LogP contribution is 2.29. The lowest BCUT2D eigenvalue weighted by Crippen LogP contribution is -2.27. The summed E-state index contributed by atoms with van der Waals surface area (Å²) >= 11 is 0. The highest BCUT2D eigenvalue weighted by Gasteiger charge is 2.31. The second kappa shape index (κ2) is 4.97. The van der Waals surface area contributed by atoms with Gasteiger partial charge in [-0.1, -0.05) is 0 Å². The van der Waals surface area contributed by atoms with Gasteiger partial charge in [-0.15, -0.1) is 0 Å². The maximum Gasteiger partial charge on any atom is 0.414 e. The molecule has 2 aromatic rings. The van der Waals surface area contributed by atoms with Crippen molar-refractivity contribution in [2.45, 2.75) is 6.10 Å². The lowest BCUT2D eigenvalue weighted by atomic mass is 10.1. The number of carbonyl (C=O) groups excluding carboxylic acids is 1. The number of nitrogens with two attached hydrogens (primary N) is 1. The van der Waals surface area contributed by atoms with Crippen molar-refractivity contribution in [1.29, 1.82) is 0 Å². The summed E-state index contributed by atoms with van der Waals surface area (Å²) in [6.45, 7) is 0.581. The molecular weight excluding hydrogens is 263 g/mol. The molecule has 0 unspecified atom stereocenters. The molecule has 1 aliphatic heterocycles. The third-order valence-electron chi connectivity index (χ3n) is 3.23. The first-order valence-electron chi connectivity index (χ1n) is 6.19. The fourth-order valence-corrected chi connectivity index (χ4v) is 2.18. The molecule has 2 heterocycles. The van der Waals surface area contributed by atoms with Crippen LogP contribution in [0.4, 0.5) is 14.9 Å². The van der Waals surface area contributed by atoms with Gasteiger partial charge in [-0.25, -0.2) is 9.18 Å². The number of hydrogen-bond acceptors (Lipinski definition) is 4. The van der Waals surface area contributed by atoms with Crippen molar-refractivity contribution in [3.05, 3.63) is 42.6 Å². The highest BCUT2D eigenvalue weighted by molar-refractivity contribution is 5.90. The van der Waals surface area contributed by atoms with Crippen LogP contribution in [0.1, 0.15) is 0 Å². The van der Waals surface area contributed by atoms with Gasteiger partial charge in [0, 0.05) is 17.7 Å². The van der Waals surface area contributed by atoms with Crippen molar-refractivity contribution in [1.82, 2.24) is 0 Å². The molecule has 1 fully saturated rings. The molecule has 1 aromatic carbocycles. The summed E-state index contributed by atoms with van der Waals surface area (Å²) in [6, 6.07) is 6.26. The summed E-state index contributed by atoms with van der Waals surface area (Å²) < 4.78 is 24.1. The number of ether oxygens (including phenoxy) is 1. The molecule has 104 valence electrons. The maximum absolute atomic E-state index is 14.1. The molecule has 1 aromatic heterocycles. The maximum atomic E-state index is 14.1. The molecule has 2 N–H and O–H groups in total. The van der Waals surface area contributed by atoms with E-state index in [1.807, 2.05) is 0 Å². The smallest absolute Gasteiger partial charge is 0.414 e. The minimum absolute atomic E-state index is 0.248. The molecule has 5 nitrogen and oxygen atoms in total. The molecule has 0 saturated carbocycles. The number of rotatable bonds is 3. The Morgan fingerprint density at radius 3 is 2.85 bits per heavy atom. The van der Waals surface area contributed by atoms with Crippen LogP contribution >= 0.6 is 0 Å². The molecule has 0 spiro atoms. The van der Waals surface area contributed by atoms with Gasteiger partial charge < -0.3 is 14.9 Å². The normalized spacial score (nSPS) is 18.4. The summed E-state index contributed by atoms with van der Waals surface area (Å²) in [5.41, 5.74) is 6.99. The molecule has 1 saturated heterocycles. The first-order chi connectivity index (χ1) is 9.69. The Kier molecular flexibility index (Phi) is 3.15. The van der Waals surface area contributed by atoms with Gasteiger partial charge in [-0.3, -0.25) is 4.90 Å². The van der Waals surface area contributed by atoms with Gasteiger partial charge in [0.2, 0.25) is 0 Å². The zero-order valence-electron chi connectivity index (χ0n) is 10.6. The predicted molar refractivity (Wildman–Crippen MR) is 70.8 cm³/mol. The molecule has 20 heavy (non-hydrogen) atoms. The standard InChI is InChI=1S/C14H13FN2O3/c15-13-5-10(17-7-11(6-16)20-14(17)18)1-2-12(13)9-3-4-19-8-9/h1-5,8,11H,6-7,16H2/t11-/m0/s1.